The monoisotopic (exact) mass is 386 g/mol. The van der Waals surface area contributed by atoms with E-state index in [4.69, 9.17) is 0 Å². The predicted octanol–water partition coefficient (Wildman–Crippen LogP) is 2.94. The highest BCUT2D eigenvalue weighted by molar-refractivity contribution is 5.89. The van der Waals surface area contributed by atoms with Crippen LogP contribution in [-0.2, 0) is 6.54 Å². The third-order valence-electron chi connectivity index (χ3n) is 4.27. The second kappa shape index (κ2) is 8.22. The lowest BCUT2D eigenvalue weighted by atomic mass is 10.2. The van der Waals surface area contributed by atoms with Crippen molar-refractivity contribution in [1.82, 2.24) is 25.1 Å². The second-order valence-electron chi connectivity index (χ2n) is 6.27. The van der Waals surface area contributed by atoms with Crippen LogP contribution in [0, 0.1) is 0 Å². The highest BCUT2D eigenvalue weighted by Crippen LogP contribution is 2.14. The summed E-state index contributed by atoms with van der Waals surface area (Å²) in [6.45, 7) is 0.291. The van der Waals surface area contributed by atoms with E-state index < -0.39 is 0 Å². The molecule has 0 fully saturated rings. The summed E-state index contributed by atoms with van der Waals surface area (Å²) in [7, 11) is 0. The van der Waals surface area contributed by atoms with Gasteiger partial charge in [-0.15, -0.1) is 0 Å². The van der Waals surface area contributed by atoms with Crippen molar-refractivity contribution in [2.24, 2.45) is 0 Å². The Morgan fingerprint density at radius 1 is 1.07 bits per heavy atom. The van der Waals surface area contributed by atoms with Gasteiger partial charge in [-0.05, 0) is 35.9 Å². The topological polar surface area (TPSA) is 105 Å². The van der Waals surface area contributed by atoms with Crippen LogP contribution in [0.1, 0.15) is 5.56 Å². The maximum atomic E-state index is 12.7. The normalized spacial score (nSPS) is 10.5. The van der Waals surface area contributed by atoms with Crippen molar-refractivity contribution >= 4 is 11.7 Å². The first-order valence-electron chi connectivity index (χ1n) is 8.97. The Morgan fingerprint density at radius 2 is 1.93 bits per heavy atom. The zero-order valence-electron chi connectivity index (χ0n) is 15.4. The zero-order valence-corrected chi connectivity index (χ0v) is 15.4. The molecule has 29 heavy (non-hydrogen) atoms. The molecule has 0 bridgehead atoms. The molecule has 144 valence electrons. The molecule has 0 atom stereocenters. The molecule has 8 nitrogen and oxygen atoms in total. The molecule has 1 aromatic carbocycles. The number of rotatable bonds is 5. The molecule has 3 aromatic heterocycles. The van der Waals surface area contributed by atoms with Crippen LogP contribution >= 0.6 is 0 Å². The maximum Gasteiger partial charge on any atom is 0.319 e. The number of aromatic nitrogens is 4. The van der Waals surface area contributed by atoms with E-state index >= 15 is 0 Å². The van der Waals surface area contributed by atoms with E-state index in [0.29, 0.717) is 23.6 Å². The van der Waals surface area contributed by atoms with Gasteiger partial charge >= 0.3 is 6.03 Å². The van der Waals surface area contributed by atoms with E-state index in [-0.39, 0.29) is 11.6 Å². The number of nitrogens with zero attached hydrogens (tertiary/aromatic N) is 3. The number of benzene rings is 1. The molecule has 8 heteroatoms. The molecule has 0 spiro atoms. The third kappa shape index (κ3) is 4.22. The van der Waals surface area contributed by atoms with E-state index in [0.717, 1.165) is 11.1 Å². The van der Waals surface area contributed by atoms with Crippen molar-refractivity contribution in [3.05, 3.63) is 95.3 Å². The average molecular weight is 386 g/mol. The molecule has 0 aliphatic rings. The van der Waals surface area contributed by atoms with Gasteiger partial charge in [-0.2, -0.15) is 0 Å². The summed E-state index contributed by atoms with van der Waals surface area (Å²) in [5, 5.41) is 8.47. The standard InChI is InChI=1S/C21H18N6O2/c28-20-18(16-5-4-9-22-13-16)14-25-27(20)19-11-15(8-10-23-19)12-24-21(29)26-17-6-2-1-3-7-17/h1-11,13-14,25H,12H2,(H2,24,26,29). The molecule has 0 unspecified atom stereocenters. The Kier molecular flexibility index (Phi) is 5.15. The van der Waals surface area contributed by atoms with Gasteiger partial charge in [0.25, 0.3) is 5.56 Å². The molecule has 3 heterocycles. The SMILES string of the molecule is O=C(NCc1ccnc(-n2[nH]cc(-c3cccnc3)c2=O)c1)Nc1ccccc1. The Bertz CT molecular complexity index is 1170. The number of para-hydroxylation sites is 1. The fourth-order valence-corrected chi connectivity index (χ4v) is 2.84. The number of H-pyrrole nitrogens is 1. The van der Waals surface area contributed by atoms with Gasteiger partial charge in [0.05, 0.1) is 5.56 Å². The van der Waals surface area contributed by atoms with Crippen molar-refractivity contribution in [3.8, 4) is 16.9 Å². The molecule has 0 saturated carbocycles. The van der Waals surface area contributed by atoms with Crippen molar-refractivity contribution in [1.29, 1.82) is 0 Å². The fraction of sp³-hybridized carbons (Fsp3) is 0.0476. The molecule has 3 N–H and O–H groups in total. The van der Waals surface area contributed by atoms with Crippen LogP contribution in [-0.4, -0.2) is 25.8 Å². The summed E-state index contributed by atoms with van der Waals surface area (Å²) in [6, 6.07) is 16.0. The maximum absolute atomic E-state index is 12.7. The van der Waals surface area contributed by atoms with Crippen molar-refractivity contribution in [2.45, 2.75) is 6.54 Å². The lowest BCUT2D eigenvalue weighted by Gasteiger charge is -2.08. The van der Waals surface area contributed by atoms with Crippen molar-refractivity contribution in [2.75, 3.05) is 5.32 Å². The van der Waals surface area contributed by atoms with Gasteiger partial charge in [-0.1, -0.05) is 24.3 Å². The summed E-state index contributed by atoms with van der Waals surface area (Å²) in [6.07, 6.45) is 6.51. The predicted molar refractivity (Wildman–Crippen MR) is 110 cm³/mol. The Balaban J connectivity index is 1.47. The lowest BCUT2D eigenvalue weighted by molar-refractivity contribution is 0.251. The van der Waals surface area contributed by atoms with Gasteiger partial charge in [-0.25, -0.2) is 14.5 Å². The zero-order chi connectivity index (χ0) is 20.1. The number of hydrogen-bond acceptors (Lipinski definition) is 4. The van der Waals surface area contributed by atoms with Gasteiger partial charge in [0, 0.05) is 42.6 Å². The Morgan fingerprint density at radius 3 is 2.72 bits per heavy atom. The summed E-state index contributed by atoms with van der Waals surface area (Å²) in [4.78, 5) is 33.1. The number of carbonyl (C=O) groups is 1. The number of anilines is 1. The number of amides is 2. The Labute approximate surface area is 166 Å². The van der Waals surface area contributed by atoms with Gasteiger partial charge < -0.3 is 10.6 Å². The highest BCUT2D eigenvalue weighted by Gasteiger charge is 2.11. The molecular weight excluding hydrogens is 368 g/mol. The molecular formula is C21H18N6O2. The minimum Gasteiger partial charge on any atom is -0.334 e. The quantitative estimate of drug-likeness (QED) is 0.490. The largest absolute Gasteiger partial charge is 0.334 e. The van der Waals surface area contributed by atoms with Crippen LogP contribution in [0.4, 0.5) is 10.5 Å². The van der Waals surface area contributed by atoms with Crippen LogP contribution in [0.3, 0.4) is 0 Å². The number of nitrogens with one attached hydrogen (secondary N) is 3. The fourth-order valence-electron chi connectivity index (χ4n) is 2.84. The summed E-state index contributed by atoms with van der Waals surface area (Å²) >= 11 is 0. The first kappa shape index (κ1) is 18.2. The first-order valence-corrected chi connectivity index (χ1v) is 8.97. The molecule has 4 aromatic rings. The van der Waals surface area contributed by atoms with Gasteiger partial charge in [0.1, 0.15) is 0 Å². The highest BCUT2D eigenvalue weighted by atomic mass is 16.2. The van der Waals surface area contributed by atoms with Gasteiger partial charge in [0.15, 0.2) is 5.82 Å². The van der Waals surface area contributed by atoms with E-state index in [1.54, 1.807) is 43.0 Å². The van der Waals surface area contributed by atoms with E-state index in [9.17, 15) is 9.59 Å². The number of carbonyl (C=O) groups excluding carboxylic acids is 1. The third-order valence-corrected chi connectivity index (χ3v) is 4.27. The summed E-state index contributed by atoms with van der Waals surface area (Å²) in [5.74, 6) is 0.438. The average Bonchev–Trinajstić information content (AvgIpc) is 3.15. The lowest BCUT2D eigenvalue weighted by Crippen LogP contribution is -2.28. The Hall–Kier alpha value is -4.20. The summed E-state index contributed by atoms with van der Waals surface area (Å²) in [5.41, 5.74) is 2.52. The molecule has 0 aliphatic carbocycles. The first-order chi connectivity index (χ1) is 14.2. The van der Waals surface area contributed by atoms with Crippen LogP contribution in [0.2, 0.25) is 0 Å². The van der Waals surface area contributed by atoms with E-state index in [2.05, 4.69) is 25.7 Å². The second-order valence-corrected chi connectivity index (χ2v) is 6.27. The van der Waals surface area contributed by atoms with Crippen LogP contribution in [0.25, 0.3) is 16.9 Å². The molecule has 2 amide bonds. The number of hydrogen-bond donors (Lipinski definition) is 3. The number of aromatic amines is 1. The van der Waals surface area contributed by atoms with Crippen LogP contribution in [0.15, 0.2) is 84.2 Å². The van der Waals surface area contributed by atoms with Crippen molar-refractivity contribution in [3.63, 3.8) is 0 Å². The van der Waals surface area contributed by atoms with Gasteiger partial charge in [-0.3, -0.25) is 14.9 Å². The molecule has 4 rings (SSSR count). The molecule has 0 saturated heterocycles. The van der Waals surface area contributed by atoms with Crippen LogP contribution in [0.5, 0.6) is 0 Å². The van der Waals surface area contributed by atoms with Crippen molar-refractivity contribution < 1.29 is 4.79 Å². The van der Waals surface area contributed by atoms with Gasteiger partial charge in [0.2, 0.25) is 0 Å². The minimum absolute atomic E-state index is 0.225. The summed E-state index contributed by atoms with van der Waals surface area (Å²) < 4.78 is 1.36. The number of pyridine rings is 2. The van der Waals surface area contributed by atoms with Crippen LogP contribution < -0.4 is 16.2 Å². The number of urea groups is 1. The molecule has 0 aliphatic heterocycles. The minimum atomic E-state index is -0.314. The molecule has 0 radical (unpaired) electrons. The van der Waals surface area contributed by atoms with E-state index in [1.807, 2.05) is 36.4 Å². The smallest absolute Gasteiger partial charge is 0.319 e. The van der Waals surface area contributed by atoms with E-state index in [1.165, 1.54) is 4.68 Å².